The van der Waals surface area contributed by atoms with Gasteiger partial charge in [0.15, 0.2) is 11.5 Å². The highest BCUT2D eigenvalue weighted by Crippen LogP contribution is 2.38. The smallest absolute Gasteiger partial charge is 0.242 e. The number of methoxy groups -OCH3 is 3. The van der Waals surface area contributed by atoms with E-state index in [1.54, 1.807) is 58.7 Å². The molecule has 0 spiro atoms. The number of ether oxygens (including phenoxy) is 3. The predicted molar refractivity (Wildman–Crippen MR) is 96.1 cm³/mol. The third-order valence-electron chi connectivity index (χ3n) is 3.89. The minimum atomic E-state index is -3.51. The summed E-state index contributed by atoms with van der Waals surface area (Å²) in [6, 6.07) is 12.0. The standard InChI is InChI=1S/C18H23NO5S/c1-19(25(20,21)15-8-6-5-7-9-15)11-10-14-12-16(22-2)18(24-4)17(13-14)23-3/h5-9,12-13H,10-11H2,1-4H3. The third kappa shape index (κ3) is 4.24. The average Bonchev–Trinajstić information content (AvgIpc) is 2.65. The fraction of sp³-hybridized carbons (Fsp3) is 0.333. The normalized spacial score (nSPS) is 11.4. The van der Waals surface area contributed by atoms with E-state index in [0.717, 1.165) is 5.56 Å². The van der Waals surface area contributed by atoms with E-state index in [4.69, 9.17) is 14.2 Å². The lowest BCUT2D eigenvalue weighted by Crippen LogP contribution is -2.29. The van der Waals surface area contributed by atoms with Crippen molar-refractivity contribution < 1.29 is 22.6 Å². The van der Waals surface area contributed by atoms with Gasteiger partial charge in [0.25, 0.3) is 0 Å². The fourth-order valence-corrected chi connectivity index (χ4v) is 3.65. The molecule has 0 amide bonds. The van der Waals surface area contributed by atoms with Crippen LogP contribution >= 0.6 is 0 Å². The summed E-state index contributed by atoms with van der Waals surface area (Å²) in [5.41, 5.74) is 0.893. The van der Waals surface area contributed by atoms with Crippen molar-refractivity contribution >= 4 is 10.0 Å². The molecule has 0 aromatic heterocycles. The summed E-state index contributed by atoms with van der Waals surface area (Å²) in [5.74, 6) is 1.61. The van der Waals surface area contributed by atoms with Gasteiger partial charge in [-0.25, -0.2) is 12.7 Å². The van der Waals surface area contributed by atoms with E-state index in [0.29, 0.717) is 30.2 Å². The number of hydrogen-bond acceptors (Lipinski definition) is 5. The molecule has 0 unspecified atom stereocenters. The molecule has 0 aliphatic carbocycles. The second-order valence-electron chi connectivity index (χ2n) is 5.42. The molecule has 6 nitrogen and oxygen atoms in total. The first-order chi connectivity index (χ1) is 11.9. The Bertz CT molecular complexity index is 780. The summed E-state index contributed by atoms with van der Waals surface area (Å²) < 4.78 is 42.4. The number of rotatable bonds is 8. The van der Waals surface area contributed by atoms with Crippen molar-refractivity contribution in [3.63, 3.8) is 0 Å². The Hall–Kier alpha value is -2.25. The molecule has 136 valence electrons. The van der Waals surface area contributed by atoms with E-state index in [2.05, 4.69) is 0 Å². The quantitative estimate of drug-likeness (QED) is 0.719. The zero-order valence-corrected chi connectivity index (χ0v) is 15.7. The van der Waals surface area contributed by atoms with Gasteiger partial charge in [-0.3, -0.25) is 0 Å². The number of sulfonamides is 1. The largest absolute Gasteiger partial charge is 0.493 e. The lowest BCUT2D eigenvalue weighted by molar-refractivity contribution is 0.323. The van der Waals surface area contributed by atoms with Crippen LogP contribution < -0.4 is 14.2 Å². The summed E-state index contributed by atoms with van der Waals surface area (Å²) in [6.45, 7) is 0.329. The molecular formula is C18H23NO5S. The molecule has 2 rings (SSSR count). The number of benzene rings is 2. The monoisotopic (exact) mass is 365 g/mol. The third-order valence-corrected chi connectivity index (χ3v) is 5.76. The molecule has 0 heterocycles. The molecule has 7 heteroatoms. The van der Waals surface area contributed by atoms with Crippen LogP contribution in [0.15, 0.2) is 47.4 Å². The summed E-state index contributed by atoms with van der Waals surface area (Å²) in [4.78, 5) is 0.280. The summed E-state index contributed by atoms with van der Waals surface area (Å²) >= 11 is 0. The van der Waals surface area contributed by atoms with Gasteiger partial charge >= 0.3 is 0 Å². The number of nitrogens with zero attached hydrogens (tertiary/aromatic N) is 1. The molecule has 0 aliphatic rings. The molecule has 2 aromatic carbocycles. The van der Waals surface area contributed by atoms with E-state index in [9.17, 15) is 8.42 Å². The Morgan fingerprint density at radius 1 is 0.920 bits per heavy atom. The number of hydrogen-bond donors (Lipinski definition) is 0. The van der Waals surface area contributed by atoms with Gasteiger partial charge in [0.1, 0.15) is 0 Å². The highest BCUT2D eigenvalue weighted by atomic mass is 32.2. The first-order valence-electron chi connectivity index (χ1n) is 7.74. The SMILES string of the molecule is COc1cc(CCN(C)S(=O)(=O)c2ccccc2)cc(OC)c1OC. The van der Waals surface area contributed by atoms with Crippen LogP contribution in [-0.4, -0.2) is 47.6 Å². The van der Waals surface area contributed by atoms with Gasteiger partial charge in [0.05, 0.1) is 26.2 Å². The Kier molecular flexibility index (Phi) is 6.27. The summed E-state index contributed by atoms with van der Waals surface area (Å²) in [5, 5.41) is 0. The average molecular weight is 365 g/mol. The van der Waals surface area contributed by atoms with E-state index in [1.165, 1.54) is 4.31 Å². The highest BCUT2D eigenvalue weighted by Gasteiger charge is 2.20. The van der Waals surface area contributed by atoms with Crippen molar-refractivity contribution in [3.8, 4) is 17.2 Å². The second kappa shape index (κ2) is 8.22. The number of likely N-dealkylation sites (N-methyl/N-ethyl adjacent to an activating group) is 1. The Labute approximate surface area is 149 Å². The van der Waals surface area contributed by atoms with Crippen molar-refractivity contribution in [2.24, 2.45) is 0 Å². The van der Waals surface area contributed by atoms with Gasteiger partial charge in [-0.05, 0) is 36.2 Å². The molecule has 2 aromatic rings. The zero-order chi connectivity index (χ0) is 18.4. The Morgan fingerprint density at radius 3 is 1.96 bits per heavy atom. The predicted octanol–water partition coefficient (Wildman–Crippen LogP) is 2.58. The minimum Gasteiger partial charge on any atom is -0.493 e. The van der Waals surface area contributed by atoms with E-state index >= 15 is 0 Å². The highest BCUT2D eigenvalue weighted by molar-refractivity contribution is 7.89. The van der Waals surface area contributed by atoms with Crippen LogP contribution in [0, 0.1) is 0 Å². The maximum Gasteiger partial charge on any atom is 0.242 e. The first kappa shape index (κ1) is 19.1. The van der Waals surface area contributed by atoms with Crippen LogP contribution in [-0.2, 0) is 16.4 Å². The van der Waals surface area contributed by atoms with Crippen LogP contribution in [0.2, 0.25) is 0 Å². The van der Waals surface area contributed by atoms with Crippen LogP contribution in [0.3, 0.4) is 0 Å². The minimum absolute atomic E-state index is 0.280. The zero-order valence-electron chi connectivity index (χ0n) is 14.9. The lowest BCUT2D eigenvalue weighted by Gasteiger charge is -2.18. The van der Waals surface area contributed by atoms with Crippen LogP contribution in [0.4, 0.5) is 0 Å². The molecule has 0 aliphatic heterocycles. The molecule has 0 fully saturated rings. The van der Waals surface area contributed by atoms with Gasteiger partial charge in [-0.15, -0.1) is 0 Å². The van der Waals surface area contributed by atoms with Crippen molar-refractivity contribution in [1.29, 1.82) is 0 Å². The summed E-state index contributed by atoms with van der Waals surface area (Å²) in [7, 11) is 2.70. The molecule has 0 saturated carbocycles. The molecule has 0 bridgehead atoms. The Balaban J connectivity index is 2.18. The van der Waals surface area contributed by atoms with Gasteiger partial charge in [0.2, 0.25) is 15.8 Å². The van der Waals surface area contributed by atoms with Gasteiger partial charge < -0.3 is 14.2 Å². The van der Waals surface area contributed by atoms with Gasteiger partial charge in [-0.2, -0.15) is 0 Å². The maximum absolute atomic E-state index is 12.6. The van der Waals surface area contributed by atoms with Crippen LogP contribution in [0.5, 0.6) is 17.2 Å². The van der Waals surface area contributed by atoms with Gasteiger partial charge in [0, 0.05) is 13.6 Å². The molecular weight excluding hydrogens is 342 g/mol. The molecule has 0 atom stereocenters. The van der Waals surface area contributed by atoms with Crippen molar-refractivity contribution in [2.75, 3.05) is 34.9 Å². The van der Waals surface area contributed by atoms with Gasteiger partial charge in [-0.1, -0.05) is 18.2 Å². The van der Waals surface area contributed by atoms with Crippen LogP contribution in [0.25, 0.3) is 0 Å². The lowest BCUT2D eigenvalue weighted by atomic mass is 10.1. The maximum atomic E-state index is 12.6. The van der Waals surface area contributed by atoms with Crippen molar-refractivity contribution in [2.45, 2.75) is 11.3 Å². The van der Waals surface area contributed by atoms with E-state index in [1.807, 2.05) is 12.1 Å². The second-order valence-corrected chi connectivity index (χ2v) is 7.47. The molecule has 0 saturated heterocycles. The first-order valence-corrected chi connectivity index (χ1v) is 9.18. The Morgan fingerprint density at radius 2 is 1.48 bits per heavy atom. The molecule has 0 radical (unpaired) electrons. The van der Waals surface area contributed by atoms with Crippen molar-refractivity contribution in [3.05, 3.63) is 48.0 Å². The van der Waals surface area contributed by atoms with E-state index in [-0.39, 0.29) is 4.90 Å². The molecule has 25 heavy (non-hydrogen) atoms. The topological polar surface area (TPSA) is 65.1 Å². The fourth-order valence-electron chi connectivity index (χ4n) is 2.46. The van der Waals surface area contributed by atoms with Crippen LogP contribution in [0.1, 0.15) is 5.56 Å². The van der Waals surface area contributed by atoms with E-state index < -0.39 is 10.0 Å². The van der Waals surface area contributed by atoms with Crippen molar-refractivity contribution in [1.82, 2.24) is 4.31 Å². The molecule has 0 N–H and O–H groups in total. The summed E-state index contributed by atoms with van der Waals surface area (Å²) in [6.07, 6.45) is 0.513.